The lowest BCUT2D eigenvalue weighted by Crippen LogP contribution is -2.39. The molecule has 7 nitrogen and oxygen atoms in total. The van der Waals surface area contributed by atoms with E-state index in [1.54, 1.807) is 0 Å². The van der Waals surface area contributed by atoms with Crippen LogP contribution < -0.4 is 5.32 Å². The maximum Gasteiger partial charge on any atom is 0.267 e. The quantitative estimate of drug-likeness (QED) is 0.865. The van der Waals surface area contributed by atoms with Crippen molar-refractivity contribution in [3.63, 3.8) is 0 Å². The van der Waals surface area contributed by atoms with Crippen LogP contribution in [0.15, 0.2) is 30.6 Å². The molecule has 2 aromatic rings. The Morgan fingerprint density at radius 1 is 1.26 bits per heavy atom. The van der Waals surface area contributed by atoms with E-state index in [4.69, 9.17) is 4.74 Å². The molecule has 1 N–H and O–H groups in total. The minimum Gasteiger partial charge on any atom is -0.381 e. The molecule has 1 amide bonds. The maximum absolute atomic E-state index is 12.5. The minimum atomic E-state index is -0.0107. The number of fused-ring (bicyclic) bond motifs is 1. The molecule has 0 aromatic carbocycles. The van der Waals surface area contributed by atoms with Crippen molar-refractivity contribution in [1.29, 1.82) is 0 Å². The van der Waals surface area contributed by atoms with Crippen LogP contribution in [0.2, 0.25) is 0 Å². The fraction of sp³-hybridized carbons (Fsp3) is 0.600. The summed E-state index contributed by atoms with van der Waals surface area (Å²) in [4.78, 5) is 15.0. The molecule has 27 heavy (non-hydrogen) atoms. The molecule has 0 spiro atoms. The third kappa shape index (κ3) is 4.42. The summed E-state index contributed by atoms with van der Waals surface area (Å²) in [6.07, 6.45) is 6.06. The number of nitrogens with zero attached hydrogens (tertiary/aromatic N) is 4. The molecule has 4 rings (SSSR count). The van der Waals surface area contributed by atoms with Gasteiger partial charge in [-0.1, -0.05) is 0 Å². The molecule has 2 aromatic heterocycles. The third-order valence-electron chi connectivity index (χ3n) is 5.72. The average molecular weight is 371 g/mol. The second-order valence-electron chi connectivity index (χ2n) is 7.83. The van der Waals surface area contributed by atoms with Crippen LogP contribution in [-0.4, -0.2) is 58.0 Å². The van der Waals surface area contributed by atoms with Gasteiger partial charge in [-0.15, -0.1) is 0 Å². The molecular formula is C20H29N5O2. The standard InChI is InChI=1S/C20H29N5O2/c1-23-8-2-3-19(23)20(26)21-11-17-13-24(12-16-5-9-27-10-6-16)15-18-4-7-22-25(18)14-17/h2-4,7-8,16-17H,5-6,9-15H2,1H3,(H,21,26)/t17-/m0/s1. The minimum absolute atomic E-state index is 0.0107. The highest BCUT2D eigenvalue weighted by Gasteiger charge is 2.25. The van der Waals surface area contributed by atoms with Crippen molar-refractivity contribution in [2.75, 3.05) is 32.8 Å². The molecule has 4 heterocycles. The smallest absolute Gasteiger partial charge is 0.267 e. The molecule has 1 saturated heterocycles. The van der Waals surface area contributed by atoms with Crippen molar-refractivity contribution in [1.82, 2.24) is 24.6 Å². The molecule has 2 aliphatic heterocycles. The van der Waals surface area contributed by atoms with Gasteiger partial charge < -0.3 is 14.6 Å². The summed E-state index contributed by atoms with van der Waals surface area (Å²) in [5.74, 6) is 1.03. The molecular weight excluding hydrogens is 342 g/mol. The molecule has 1 fully saturated rings. The van der Waals surface area contributed by atoms with E-state index in [2.05, 4.69) is 26.1 Å². The van der Waals surface area contributed by atoms with Crippen LogP contribution in [0, 0.1) is 11.8 Å². The Bertz CT molecular complexity index is 762. The first-order valence-electron chi connectivity index (χ1n) is 9.89. The predicted molar refractivity (Wildman–Crippen MR) is 102 cm³/mol. The number of rotatable bonds is 5. The zero-order valence-electron chi connectivity index (χ0n) is 16.0. The van der Waals surface area contributed by atoms with Gasteiger partial charge in [-0.25, -0.2) is 0 Å². The largest absolute Gasteiger partial charge is 0.381 e. The summed E-state index contributed by atoms with van der Waals surface area (Å²) in [6, 6.07) is 5.86. The van der Waals surface area contributed by atoms with Gasteiger partial charge in [0.2, 0.25) is 0 Å². The highest BCUT2D eigenvalue weighted by Crippen LogP contribution is 2.21. The summed E-state index contributed by atoms with van der Waals surface area (Å²) in [5.41, 5.74) is 1.96. The maximum atomic E-state index is 12.5. The van der Waals surface area contributed by atoms with E-state index in [0.29, 0.717) is 24.1 Å². The number of hydrogen-bond acceptors (Lipinski definition) is 4. The molecule has 0 aliphatic carbocycles. The fourth-order valence-electron chi connectivity index (χ4n) is 4.21. The normalized spacial score (nSPS) is 21.6. The monoisotopic (exact) mass is 371 g/mol. The van der Waals surface area contributed by atoms with Crippen molar-refractivity contribution in [2.24, 2.45) is 18.9 Å². The summed E-state index contributed by atoms with van der Waals surface area (Å²) in [5, 5.41) is 7.62. The molecule has 0 unspecified atom stereocenters. The first kappa shape index (κ1) is 18.3. The van der Waals surface area contributed by atoms with E-state index in [-0.39, 0.29) is 5.91 Å². The summed E-state index contributed by atoms with van der Waals surface area (Å²) in [7, 11) is 1.90. The number of nitrogens with one attached hydrogen (secondary N) is 1. The van der Waals surface area contributed by atoms with Crippen LogP contribution in [0.5, 0.6) is 0 Å². The van der Waals surface area contributed by atoms with Gasteiger partial charge in [-0.2, -0.15) is 5.10 Å². The van der Waals surface area contributed by atoms with Gasteiger partial charge in [-0.05, 0) is 37.0 Å². The van der Waals surface area contributed by atoms with Crippen molar-refractivity contribution >= 4 is 5.91 Å². The van der Waals surface area contributed by atoms with Gasteiger partial charge >= 0.3 is 0 Å². The zero-order valence-corrected chi connectivity index (χ0v) is 16.0. The van der Waals surface area contributed by atoms with Crippen molar-refractivity contribution in [3.8, 4) is 0 Å². The number of amides is 1. The molecule has 1 atom stereocenters. The summed E-state index contributed by atoms with van der Waals surface area (Å²) < 4.78 is 9.46. The van der Waals surface area contributed by atoms with Crippen LogP contribution in [0.25, 0.3) is 0 Å². The second-order valence-corrected chi connectivity index (χ2v) is 7.83. The molecule has 0 radical (unpaired) electrons. The van der Waals surface area contributed by atoms with Crippen molar-refractivity contribution in [2.45, 2.75) is 25.9 Å². The molecule has 2 aliphatic rings. The van der Waals surface area contributed by atoms with Crippen LogP contribution in [-0.2, 0) is 24.9 Å². The van der Waals surface area contributed by atoms with E-state index in [0.717, 1.165) is 52.2 Å². The van der Waals surface area contributed by atoms with E-state index < -0.39 is 0 Å². The van der Waals surface area contributed by atoms with Gasteiger partial charge in [0.15, 0.2) is 0 Å². The van der Waals surface area contributed by atoms with Gasteiger partial charge in [0.1, 0.15) is 5.69 Å². The molecule has 0 saturated carbocycles. The van der Waals surface area contributed by atoms with E-state index in [1.807, 2.05) is 36.1 Å². The number of aryl methyl sites for hydroxylation is 1. The van der Waals surface area contributed by atoms with E-state index in [9.17, 15) is 4.79 Å². The van der Waals surface area contributed by atoms with Gasteiger partial charge in [0.05, 0.1) is 5.69 Å². The lowest BCUT2D eigenvalue weighted by Gasteiger charge is -2.30. The lowest BCUT2D eigenvalue weighted by atomic mass is 9.99. The number of hydrogen-bond donors (Lipinski definition) is 1. The first-order valence-corrected chi connectivity index (χ1v) is 9.89. The molecule has 146 valence electrons. The average Bonchev–Trinajstić information content (AvgIpc) is 3.25. The Hall–Kier alpha value is -2.12. The SMILES string of the molecule is Cn1cccc1C(=O)NC[C@H]1CN(CC2CCOCC2)Cc2ccnn2C1. The van der Waals surface area contributed by atoms with Crippen LogP contribution in [0.4, 0.5) is 0 Å². The second kappa shape index (κ2) is 8.27. The van der Waals surface area contributed by atoms with Gasteiger partial charge in [-0.3, -0.25) is 14.4 Å². The first-order chi connectivity index (χ1) is 13.2. The van der Waals surface area contributed by atoms with Crippen LogP contribution in [0.3, 0.4) is 0 Å². The van der Waals surface area contributed by atoms with E-state index in [1.165, 1.54) is 5.69 Å². The highest BCUT2D eigenvalue weighted by atomic mass is 16.5. The van der Waals surface area contributed by atoms with Crippen molar-refractivity contribution < 1.29 is 9.53 Å². The predicted octanol–water partition coefficient (Wildman–Crippen LogP) is 1.51. The van der Waals surface area contributed by atoms with E-state index >= 15 is 0 Å². The Morgan fingerprint density at radius 3 is 2.89 bits per heavy atom. The number of carbonyl (C=O) groups is 1. The summed E-state index contributed by atoms with van der Waals surface area (Å²) in [6.45, 7) is 6.28. The Labute approximate surface area is 160 Å². The molecule has 7 heteroatoms. The van der Waals surface area contributed by atoms with Crippen molar-refractivity contribution in [3.05, 3.63) is 42.0 Å². The molecule has 0 bridgehead atoms. The van der Waals surface area contributed by atoms with Gasteiger partial charge in [0.25, 0.3) is 5.91 Å². The Morgan fingerprint density at radius 2 is 2.11 bits per heavy atom. The third-order valence-corrected chi connectivity index (χ3v) is 5.72. The van der Waals surface area contributed by atoms with Gasteiger partial charge in [0, 0.05) is 71.3 Å². The van der Waals surface area contributed by atoms with Crippen LogP contribution >= 0.6 is 0 Å². The fourth-order valence-corrected chi connectivity index (χ4v) is 4.21. The number of ether oxygens (including phenoxy) is 1. The number of aromatic nitrogens is 3. The topological polar surface area (TPSA) is 64.3 Å². The Balaban J connectivity index is 1.40. The highest BCUT2D eigenvalue weighted by molar-refractivity contribution is 5.92. The Kier molecular flexibility index (Phi) is 5.59. The van der Waals surface area contributed by atoms with Crippen LogP contribution in [0.1, 0.15) is 29.0 Å². The number of carbonyl (C=O) groups excluding carboxylic acids is 1. The summed E-state index contributed by atoms with van der Waals surface area (Å²) >= 11 is 0. The zero-order chi connectivity index (χ0) is 18.6. The lowest BCUT2D eigenvalue weighted by molar-refractivity contribution is 0.0494.